The number of nitrogens with one attached hydrogen (secondary N) is 1. The van der Waals surface area contributed by atoms with Crippen LogP contribution in [0.25, 0.3) is 0 Å². The van der Waals surface area contributed by atoms with Gasteiger partial charge in [0, 0.05) is 24.2 Å². The van der Waals surface area contributed by atoms with Crippen LogP contribution in [0.15, 0.2) is 11.6 Å². The largest absolute Gasteiger partial charge is 0.392 e. The molecule has 0 saturated heterocycles. The van der Waals surface area contributed by atoms with Crippen molar-refractivity contribution < 1.29 is 5.11 Å². The maximum Gasteiger partial charge on any atom is 0.0693 e. The Morgan fingerprint density at radius 2 is 2.36 bits per heavy atom. The van der Waals surface area contributed by atoms with E-state index in [9.17, 15) is 5.11 Å². The van der Waals surface area contributed by atoms with Crippen LogP contribution in [0.1, 0.15) is 31.2 Å². The molecule has 1 aliphatic carbocycles. The Morgan fingerprint density at radius 3 is 3.07 bits per heavy atom. The van der Waals surface area contributed by atoms with Crippen LogP contribution in [0.2, 0.25) is 0 Å². The number of aliphatic hydroxyl groups excluding tert-OH is 1. The van der Waals surface area contributed by atoms with Crippen LogP contribution in [-0.2, 0) is 6.54 Å². The van der Waals surface area contributed by atoms with E-state index >= 15 is 0 Å². The highest BCUT2D eigenvalue weighted by molar-refractivity contribution is 7.03. The van der Waals surface area contributed by atoms with Crippen LogP contribution in [0.3, 0.4) is 0 Å². The molecular formula is C10H16N2OS. The van der Waals surface area contributed by atoms with E-state index in [-0.39, 0.29) is 12.1 Å². The summed E-state index contributed by atoms with van der Waals surface area (Å²) in [5.41, 5.74) is 1.22. The van der Waals surface area contributed by atoms with Crippen LogP contribution < -0.4 is 5.32 Å². The molecule has 1 fully saturated rings. The molecule has 4 heteroatoms. The van der Waals surface area contributed by atoms with Gasteiger partial charge in [-0.1, -0.05) is 12.8 Å². The van der Waals surface area contributed by atoms with Crippen LogP contribution in [0, 0.1) is 0 Å². The lowest BCUT2D eigenvalue weighted by Crippen LogP contribution is -2.41. The lowest BCUT2D eigenvalue weighted by Gasteiger charge is -2.28. The molecule has 2 atom stereocenters. The van der Waals surface area contributed by atoms with Crippen molar-refractivity contribution in [3.63, 3.8) is 0 Å². The molecular weight excluding hydrogens is 196 g/mol. The topological polar surface area (TPSA) is 45.1 Å². The van der Waals surface area contributed by atoms with E-state index in [0.717, 1.165) is 19.4 Å². The molecule has 2 rings (SSSR count). The molecule has 0 spiro atoms. The first kappa shape index (κ1) is 10.1. The zero-order valence-electron chi connectivity index (χ0n) is 8.15. The highest BCUT2D eigenvalue weighted by Crippen LogP contribution is 2.18. The van der Waals surface area contributed by atoms with Crippen LogP contribution in [0.4, 0.5) is 0 Å². The smallest absolute Gasteiger partial charge is 0.0693 e. The van der Waals surface area contributed by atoms with Crippen molar-refractivity contribution in [3.05, 3.63) is 17.1 Å². The summed E-state index contributed by atoms with van der Waals surface area (Å²) in [6, 6.07) is 0.281. The summed E-state index contributed by atoms with van der Waals surface area (Å²) < 4.78 is 4.04. The van der Waals surface area contributed by atoms with Gasteiger partial charge in [-0.15, -0.1) is 0 Å². The highest BCUT2D eigenvalue weighted by atomic mass is 32.1. The summed E-state index contributed by atoms with van der Waals surface area (Å²) in [6.45, 7) is 0.832. The number of aliphatic hydroxyl groups is 1. The molecule has 0 aromatic carbocycles. The molecule has 1 aliphatic rings. The fraction of sp³-hybridized carbons (Fsp3) is 0.700. The number of aromatic nitrogens is 1. The lowest BCUT2D eigenvalue weighted by molar-refractivity contribution is 0.0903. The third-order valence-electron chi connectivity index (χ3n) is 2.78. The predicted molar refractivity (Wildman–Crippen MR) is 57.2 cm³/mol. The number of hydrogen-bond acceptors (Lipinski definition) is 4. The zero-order chi connectivity index (χ0) is 9.80. The summed E-state index contributed by atoms with van der Waals surface area (Å²) >= 11 is 1.47. The van der Waals surface area contributed by atoms with E-state index in [2.05, 4.69) is 9.69 Å². The van der Waals surface area contributed by atoms with Gasteiger partial charge in [0.25, 0.3) is 0 Å². The first-order valence-electron chi connectivity index (χ1n) is 5.16. The second-order valence-electron chi connectivity index (χ2n) is 3.87. The quantitative estimate of drug-likeness (QED) is 0.799. The number of hydrogen-bond donors (Lipinski definition) is 2. The van der Waals surface area contributed by atoms with Crippen molar-refractivity contribution in [1.82, 2.24) is 9.69 Å². The van der Waals surface area contributed by atoms with Crippen LogP contribution >= 0.6 is 11.5 Å². The monoisotopic (exact) mass is 212 g/mol. The highest BCUT2D eigenvalue weighted by Gasteiger charge is 2.21. The van der Waals surface area contributed by atoms with E-state index in [4.69, 9.17) is 0 Å². The maximum atomic E-state index is 9.72. The van der Waals surface area contributed by atoms with Crippen molar-refractivity contribution in [2.24, 2.45) is 0 Å². The standard InChI is InChI=1S/C10H16N2OS/c13-10-4-2-1-3-9(10)11-5-8-6-12-14-7-8/h6-7,9-11,13H,1-5H2/t9-,10-/m0/s1. The number of nitrogens with zero attached hydrogens (tertiary/aromatic N) is 1. The van der Waals surface area contributed by atoms with Crippen LogP contribution in [0.5, 0.6) is 0 Å². The summed E-state index contributed by atoms with van der Waals surface area (Å²) in [7, 11) is 0. The van der Waals surface area contributed by atoms with Crippen molar-refractivity contribution >= 4 is 11.5 Å². The van der Waals surface area contributed by atoms with Gasteiger partial charge < -0.3 is 10.4 Å². The third-order valence-corrected chi connectivity index (χ3v) is 3.42. The Morgan fingerprint density at radius 1 is 1.50 bits per heavy atom. The molecule has 0 aliphatic heterocycles. The molecule has 1 saturated carbocycles. The van der Waals surface area contributed by atoms with Crippen LogP contribution in [-0.4, -0.2) is 21.6 Å². The van der Waals surface area contributed by atoms with Gasteiger partial charge in [-0.05, 0) is 29.9 Å². The summed E-state index contributed by atoms with van der Waals surface area (Å²) in [4.78, 5) is 0. The van der Waals surface area contributed by atoms with E-state index in [1.165, 1.54) is 29.9 Å². The minimum atomic E-state index is -0.157. The molecule has 0 radical (unpaired) electrons. The van der Waals surface area contributed by atoms with Gasteiger partial charge in [0.05, 0.1) is 6.10 Å². The molecule has 1 heterocycles. The average molecular weight is 212 g/mol. The summed E-state index contributed by atoms with van der Waals surface area (Å²) in [6.07, 6.45) is 6.16. The Hall–Kier alpha value is -0.450. The van der Waals surface area contributed by atoms with Crippen molar-refractivity contribution in [2.45, 2.75) is 44.4 Å². The fourth-order valence-corrected chi connectivity index (χ4v) is 2.45. The van der Waals surface area contributed by atoms with Gasteiger partial charge in [-0.3, -0.25) is 0 Å². The fourth-order valence-electron chi connectivity index (χ4n) is 1.91. The van der Waals surface area contributed by atoms with E-state index in [1.807, 2.05) is 11.6 Å². The normalized spacial score (nSPS) is 27.8. The van der Waals surface area contributed by atoms with Crippen molar-refractivity contribution in [2.75, 3.05) is 0 Å². The average Bonchev–Trinajstić information content (AvgIpc) is 2.69. The summed E-state index contributed by atoms with van der Waals surface area (Å²) in [5.74, 6) is 0. The molecule has 2 N–H and O–H groups in total. The van der Waals surface area contributed by atoms with E-state index in [0.29, 0.717) is 0 Å². The minimum Gasteiger partial charge on any atom is -0.392 e. The van der Waals surface area contributed by atoms with Gasteiger partial charge in [0.1, 0.15) is 0 Å². The third kappa shape index (κ3) is 2.53. The molecule has 0 bridgehead atoms. The Kier molecular flexibility index (Phi) is 3.50. The predicted octanol–water partition coefficient (Wildman–Crippen LogP) is 1.54. The molecule has 1 aromatic heterocycles. The van der Waals surface area contributed by atoms with Gasteiger partial charge >= 0.3 is 0 Å². The SMILES string of the molecule is O[C@H]1CCCC[C@@H]1NCc1cnsc1. The molecule has 1 aromatic rings. The molecule has 0 amide bonds. The lowest BCUT2D eigenvalue weighted by atomic mass is 9.92. The second kappa shape index (κ2) is 4.87. The van der Waals surface area contributed by atoms with Gasteiger partial charge in [0.2, 0.25) is 0 Å². The van der Waals surface area contributed by atoms with E-state index < -0.39 is 0 Å². The Labute approximate surface area is 88.3 Å². The Bertz CT molecular complexity index is 263. The Balaban J connectivity index is 1.79. The first-order valence-corrected chi connectivity index (χ1v) is 5.99. The molecule has 78 valence electrons. The van der Waals surface area contributed by atoms with Crippen molar-refractivity contribution in [1.29, 1.82) is 0 Å². The molecule has 3 nitrogen and oxygen atoms in total. The van der Waals surface area contributed by atoms with Gasteiger partial charge in [0.15, 0.2) is 0 Å². The number of rotatable bonds is 3. The molecule has 0 unspecified atom stereocenters. The maximum absolute atomic E-state index is 9.72. The molecule has 14 heavy (non-hydrogen) atoms. The van der Waals surface area contributed by atoms with Gasteiger partial charge in [-0.25, -0.2) is 4.37 Å². The van der Waals surface area contributed by atoms with E-state index in [1.54, 1.807) is 0 Å². The zero-order valence-corrected chi connectivity index (χ0v) is 8.96. The minimum absolute atomic E-state index is 0.157. The summed E-state index contributed by atoms with van der Waals surface area (Å²) in [5, 5.41) is 15.2. The van der Waals surface area contributed by atoms with Gasteiger partial charge in [-0.2, -0.15) is 0 Å². The second-order valence-corrected chi connectivity index (χ2v) is 4.53. The van der Waals surface area contributed by atoms with Crippen molar-refractivity contribution in [3.8, 4) is 0 Å². The first-order chi connectivity index (χ1) is 6.86.